The molecule has 0 aliphatic heterocycles. The quantitative estimate of drug-likeness (QED) is 0.879. The SMILES string of the molecule is CC(C)(C)c1ccc(NCc2ccc(C(=O)O)cc2)cc1. The summed E-state index contributed by atoms with van der Waals surface area (Å²) in [5.41, 5.74) is 3.89. The summed E-state index contributed by atoms with van der Waals surface area (Å²) in [5, 5.41) is 12.2. The highest BCUT2D eigenvalue weighted by molar-refractivity contribution is 5.87. The van der Waals surface area contributed by atoms with E-state index < -0.39 is 5.97 Å². The summed E-state index contributed by atoms with van der Waals surface area (Å²) >= 11 is 0. The molecule has 0 fully saturated rings. The lowest BCUT2D eigenvalue weighted by atomic mass is 9.87. The maximum atomic E-state index is 10.8. The molecule has 0 aromatic heterocycles. The van der Waals surface area contributed by atoms with E-state index in [9.17, 15) is 4.79 Å². The van der Waals surface area contributed by atoms with Crippen molar-refractivity contribution < 1.29 is 9.90 Å². The number of carbonyl (C=O) groups is 1. The highest BCUT2D eigenvalue weighted by atomic mass is 16.4. The number of rotatable bonds is 4. The van der Waals surface area contributed by atoms with Gasteiger partial charge in [0.1, 0.15) is 0 Å². The third-order valence-corrected chi connectivity index (χ3v) is 3.45. The summed E-state index contributed by atoms with van der Waals surface area (Å²) in [5.74, 6) is -0.896. The molecule has 0 radical (unpaired) electrons. The van der Waals surface area contributed by atoms with Crippen LogP contribution in [0.5, 0.6) is 0 Å². The van der Waals surface area contributed by atoms with Crippen LogP contribution in [0.4, 0.5) is 5.69 Å². The van der Waals surface area contributed by atoms with E-state index in [1.165, 1.54) is 5.56 Å². The highest BCUT2D eigenvalue weighted by Gasteiger charge is 2.12. The Labute approximate surface area is 125 Å². The van der Waals surface area contributed by atoms with Gasteiger partial charge in [0.05, 0.1) is 5.56 Å². The fourth-order valence-electron chi connectivity index (χ4n) is 2.06. The molecular formula is C18H21NO2. The Balaban J connectivity index is 1.98. The first-order valence-corrected chi connectivity index (χ1v) is 7.03. The second kappa shape index (κ2) is 6.00. The topological polar surface area (TPSA) is 49.3 Å². The van der Waals surface area contributed by atoms with Crippen LogP contribution in [0.1, 0.15) is 42.3 Å². The van der Waals surface area contributed by atoms with Crippen LogP contribution in [0.2, 0.25) is 0 Å². The van der Waals surface area contributed by atoms with Crippen molar-refractivity contribution in [3.05, 3.63) is 65.2 Å². The van der Waals surface area contributed by atoms with Crippen molar-refractivity contribution in [2.75, 3.05) is 5.32 Å². The summed E-state index contributed by atoms with van der Waals surface area (Å²) in [6.07, 6.45) is 0. The maximum absolute atomic E-state index is 10.8. The Morgan fingerprint density at radius 2 is 1.57 bits per heavy atom. The van der Waals surface area contributed by atoms with Gasteiger partial charge in [0, 0.05) is 12.2 Å². The lowest BCUT2D eigenvalue weighted by Crippen LogP contribution is -2.10. The molecule has 0 heterocycles. The summed E-state index contributed by atoms with van der Waals surface area (Å²) in [6, 6.07) is 15.3. The smallest absolute Gasteiger partial charge is 0.335 e. The van der Waals surface area contributed by atoms with Gasteiger partial charge in [0.15, 0.2) is 0 Å². The molecule has 0 amide bonds. The fraction of sp³-hybridized carbons (Fsp3) is 0.278. The first kappa shape index (κ1) is 15.1. The Kier molecular flexibility index (Phi) is 4.32. The predicted octanol–water partition coefficient (Wildman–Crippen LogP) is 4.29. The monoisotopic (exact) mass is 283 g/mol. The fourth-order valence-corrected chi connectivity index (χ4v) is 2.06. The molecule has 0 aliphatic carbocycles. The Hall–Kier alpha value is -2.29. The number of carboxylic acids is 1. The average molecular weight is 283 g/mol. The molecule has 0 bridgehead atoms. The zero-order chi connectivity index (χ0) is 15.5. The van der Waals surface area contributed by atoms with Crippen LogP contribution in [0.3, 0.4) is 0 Å². The molecule has 21 heavy (non-hydrogen) atoms. The van der Waals surface area contributed by atoms with Crippen LogP contribution in [-0.2, 0) is 12.0 Å². The van der Waals surface area contributed by atoms with E-state index in [4.69, 9.17) is 5.11 Å². The predicted molar refractivity (Wildman–Crippen MR) is 85.9 cm³/mol. The van der Waals surface area contributed by atoms with E-state index >= 15 is 0 Å². The Bertz CT molecular complexity index is 607. The normalized spacial score (nSPS) is 11.2. The van der Waals surface area contributed by atoms with Crippen molar-refractivity contribution in [3.8, 4) is 0 Å². The van der Waals surface area contributed by atoms with Crippen molar-refractivity contribution in [3.63, 3.8) is 0 Å². The molecule has 2 N–H and O–H groups in total. The van der Waals surface area contributed by atoms with Crippen molar-refractivity contribution in [1.82, 2.24) is 0 Å². The van der Waals surface area contributed by atoms with Crippen molar-refractivity contribution >= 4 is 11.7 Å². The molecule has 0 spiro atoms. The van der Waals surface area contributed by atoms with Gasteiger partial charge in [-0.25, -0.2) is 4.79 Å². The largest absolute Gasteiger partial charge is 0.478 e. The minimum absolute atomic E-state index is 0.158. The molecule has 2 rings (SSSR count). The molecule has 0 aliphatic rings. The van der Waals surface area contributed by atoms with E-state index in [0.717, 1.165) is 11.3 Å². The first-order chi connectivity index (χ1) is 9.86. The first-order valence-electron chi connectivity index (χ1n) is 7.03. The minimum Gasteiger partial charge on any atom is -0.478 e. The Morgan fingerprint density at radius 3 is 2.05 bits per heavy atom. The molecule has 0 saturated heterocycles. The zero-order valence-corrected chi connectivity index (χ0v) is 12.7. The third kappa shape index (κ3) is 4.09. The number of hydrogen-bond donors (Lipinski definition) is 2. The molecule has 0 saturated carbocycles. The summed E-state index contributed by atoms with van der Waals surface area (Å²) in [4.78, 5) is 10.8. The molecule has 0 atom stereocenters. The number of anilines is 1. The van der Waals surface area contributed by atoms with E-state index in [1.807, 2.05) is 12.1 Å². The van der Waals surface area contributed by atoms with Gasteiger partial charge in [-0.05, 0) is 40.8 Å². The molecule has 3 nitrogen and oxygen atoms in total. The number of carboxylic acid groups (broad SMARTS) is 1. The van der Waals surface area contributed by atoms with Crippen LogP contribution >= 0.6 is 0 Å². The summed E-state index contributed by atoms with van der Waals surface area (Å²) < 4.78 is 0. The van der Waals surface area contributed by atoms with Crippen molar-refractivity contribution in [2.24, 2.45) is 0 Å². The molecule has 2 aromatic carbocycles. The molecule has 2 aromatic rings. The van der Waals surface area contributed by atoms with Crippen LogP contribution in [0, 0.1) is 0 Å². The van der Waals surface area contributed by atoms with Gasteiger partial charge in [-0.1, -0.05) is 45.0 Å². The molecule has 3 heteroatoms. The third-order valence-electron chi connectivity index (χ3n) is 3.45. The minimum atomic E-state index is -0.896. The van der Waals surface area contributed by atoms with Crippen molar-refractivity contribution in [1.29, 1.82) is 0 Å². The van der Waals surface area contributed by atoms with E-state index in [0.29, 0.717) is 12.1 Å². The lowest BCUT2D eigenvalue weighted by Gasteiger charge is -2.19. The van der Waals surface area contributed by atoms with Crippen LogP contribution < -0.4 is 5.32 Å². The van der Waals surface area contributed by atoms with Crippen LogP contribution in [-0.4, -0.2) is 11.1 Å². The number of nitrogens with one attached hydrogen (secondary N) is 1. The molecule has 0 unspecified atom stereocenters. The molecule has 110 valence electrons. The van der Waals surface area contributed by atoms with E-state index in [-0.39, 0.29) is 5.41 Å². The standard InChI is InChI=1S/C18H21NO2/c1-18(2,3)15-8-10-16(11-9-15)19-12-13-4-6-14(7-5-13)17(20)21/h4-11,19H,12H2,1-3H3,(H,20,21). The molecular weight excluding hydrogens is 262 g/mol. The second-order valence-corrected chi connectivity index (χ2v) is 6.18. The van der Waals surface area contributed by atoms with Gasteiger partial charge < -0.3 is 10.4 Å². The van der Waals surface area contributed by atoms with Crippen LogP contribution in [0.15, 0.2) is 48.5 Å². The lowest BCUT2D eigenvalue weighted by molar-refractivity contribution is 0.0697. The highest BCUT2D eigenvalue weighted by Crippen LogP contribution is 2.23. The van der Waals surface area contributed by atoms with E-state index in [1.54, 1.807) is 12.1 Å². The summed E-state index contributed by atoms with van der Waals surface area (Å²) in [6.45, 7) is 7.26. The summed E-state index contributed by atoms with van der Waals surface area (Å²) in [7, 11) is 0. The van der Waals surface area contributed by atoms with Crippen LogP contribution in [0.25, 0.3) is 0 Å². The maximum Gasteiger partial charge on any atom is 0.335 e. The van der Waals surface area contributed by atoms with E-state index in [2.05, 4.69) is 50.4 Å². The van der Waals surface area contributed by atoms with Gasteiger partial charge in [-0.15, -0.1) is 0 Å². The number of benzene rings is 2. The zero-order valence-electron chi connectivity index (χ0n) is 12.7. The van der Waals surface area contributed by atoms with Gasteiger partial charge >= 0.3 is 5.97 Å². The average Bonchev–Trinajstić information content (AvgIpc) is 2.45. The van der Waals surface area contributed by atoms with Gasteiger partial charge in [-0.3, -0.25) is 0 Å². The van der Waals surface area contributed by atoms with Gasteiger partial charge in [-0.2, -0.15) is 0 Å². The van der Waals surface area contributed by atoms with Crippen molar-refractivity contribution in [2.45, 2.75) is 32.7 Å². The number of aromatic carboxylic acids is 1. The number of hydrogen-bond acceptors (Lipinski definition) is 2. The Morgan fingerprint density at radius 1 is 1.00 bits per heavy atom. The van der Waals surface area contributed by atoms with Gasteiger partial charge in [0.25, 0.3) is 0 Å². The van der Waals surface area contributed by atoms with Gasteiger partial charge in [0.2, 0.25) is 0 Å². The second-order valence-electron chi connectivity index (χ2n) is 6.18.